The lowest BCUT2D eigenvalue weighted by Crippen LogP contribution is -2.45. The Morgan fingerprint density at radius 3 is 2.38 bits per heavy atom. The van der Waals surface area contributed by atoms with E-state index < -0.39 is 0 Å². The molecule has 0 spiro atoms. The van der Waals surface area contributed by atoms with Gasteiger partial charge in [0, 0.05) is 18.5 Å². The third kappa shape index (κ3) is 2.89. The van der Waals surface area contributed by atoms with E-state index in [0.717, 1.165) is 25.9 Å². The van der Waals surface area contributed by atoms with E-state index in [1.54, 1.807) is 0 Å². The number of hydrogen-bond acceptors (Lipinski definition) is 3. The van der Waals surface area contributed by atoms with Crippen LogP contribution in [-0.2, 0) is 4.74 Å². The molecule has 2 aromatic carbocycles. The van der Waals surface area contributed by atoms with Crippen LogP contribution < -0.4 is 10.6 Å². The molecule has 24 heavy (non-hydrogen) atoms. The smallest absolute Gasteiger partial charge is 0.407 e. The summed E-state index contributed by atoms with van der Waals surface area (Å²) >= 11 is 0. The first-order chi connectivity index (χ1) is 11.8. The van der Waals surface area contributed by atoms with Crippen LogP contribution in [0.25, 0.3) is 11.1 Å². The van der Waals surface area contributed by atoms with Crippen molar-refractivity contribution in [3.8, 4) is 11.1 Å². The molecule has 4 heteroatoms. The van der Waals surface area contributed by atoms with Crippen LogP contribution in [-0.4, -0.2) is 31.8 Å². The van der Waals surface area contributed by atoms with Crippen molar-refractivity contribution in [2.45, 2.75) is 24.8 Å². The highest BCUT2D eigenvalue weighted by Gasteiger charge is 2.29. The molecule has 1 saturated heterocycles. The number of rotatable bonds is 3. The minimum atomic E-state index is -0.314. The highest BCUT2D eigenvalue weighted by Crippen LogP contribution is 2.44. The molecule has 2 aliphatic rings. The maximum absolute atomic E-state index is 12.1. The van der Waals surface area contributed by atoms with E-state index >= 15 is 0 Å². The molecule has 0 bridgehead atoms. The van der Waals surface area contributed by atoms with E-state index in [1.165, 1.54) is 22.3 Å². The molecule has 1 fully saturated rings. The van der Waals surface area contributed by atoms with Gasteiger partial charge in [0.1, 0.15) is 6.61 Å². The summed E-state index contributed by atoms with van der Waals surface area (Å²) in [4.78, 5) is 12.1. The fraction of sp³-hybridized carbons (Fsp3) is 0.350. The zero-order valence-electron chi connectivity index (χ0n) is 13.6. The van der Waals surface area contributed by atoms with E-state index in [9.17, 15) is 4.79 Å². The van der Waals surface area contributed by atoms with E-state index in [2.05, 4.69) is 47.0 Å². The molecule has 1 unspecified atom stereocenters. The molecule has 1 aliphatic heterocycles. The second-order valence-electron chi connectivity index (χ2n) is 6.51. The van der Waals surface area contributed by atoms with Gasteiger partial charge in [-0.05, 0) is 41.6 Å². The van der Waals surface area contributed by atoms with Gasteiger partial charge in [0.25, 0.3) is 0 Å². The van der Waals surface area contributed by atoms with Crippen molar-refractivity contribution in [2.24, 2.45) is 0 Å². The minimum Gasteiger partial charge on any atom is -0.449 e. The largest absolute Gasteiger partial charge is 0.449 e. The van der Waals surface area contributed by atoms with Crippen molar-refractivity contribution < 1.29 is 9.53 Å². The number of amides is 1. The molecular formula is C20H22N2O2. The third-order valence-corrected chi connectivity index (χ3v) is 4.96. The number of ether oxygens (including phenoxy) is 1. The Bertz CT molecular complexity index is 692. The second-order valence-corrected chi connectivity index (χ2v) is 6.51. The van der Waals surface area contributed by atoms with Crippen molar-refractivity contribution in [1.29, 1.82) is 0 Å². The van der Waals surface area contributed by atoms with Crippen molar-refractivity contribution in [2.75, 3.05) is 19.7 Å². The van der Waals surface area contributed by atoms with Gasteiger partial charge < -0.3 is 15.4 Å². The summed E-state index contributed by atoms with van der Waals surface area (Å²) < 4.78 is 5.56. The van der Waals surface area contributed by atoms with Crippen molar-refractivity contribution in [3.63, 3.8) is 0 Å². The first kappa shape index (κ1) is 15.2. The van der Waals surface area contributed by atoms with Crippen LogP contribution in [0, 0.1) is 0 Å². The molecule has 1 amide bonds. The molecule has 2 N–H and O–H groups in total. The normalized spacial score (nSPS) is 19.4. The predicted molar refractivity (Wildman–Crippen MR) is 94.1 cm³/mol. The molecular weight excluding hydrogens is 300 g/mol. The van der Waals surface area contributed by atoms with Crippen LogP contribution in [0.1, 0.15) is 29.9 Å². The molecule has 4 nitrogen and oxygen atoms in total. The van der Waals surface area contributed by atoms with Gasteiger partial charge in [-0.2, -0.15) is 0 Å². The number of fused-ring (bicyclic) bond motifs is 3. The van der Waals surface area contributed by atoms with Gasteiger partial charge in [-0.1, -0.05) is 48.5 Å². The topological polar surface area (TPSA) is 50.4 Å². The van der Waals surface area contributed by atoms with Crippen LogP contribution in [0.5, 0.6) is 0 Å². The Morgan fingerprint density at radius 2 is 1.75 bits per heavy atom. The summed E-state index contributed by atoms with van der Waals surface area (Å²) in [6.07, 6.45) is 1.79. The fourth-order valence-corrected chi connectivity index (χ4v) is 3.78. The third-order valence-electron chi connectivity index (χ3n) is 4.96. The van der Waals surface area contributed by atoms with E-state index in [1.807, 2.05) is 12.1 Å². The van der Waals surface area contributed by atoms with Gasteiger partial charge in [-0.25, -0.2) is 4.79 Å². The van der Waals surface area contributed by atoms with Gasteiger partial charge in [-0.3, -0.25) is 0 Å². The highest BCUT2D eigenvalue weighted by molar-refractivity contribution is 5.79. The summed E-state index contributed by atoms with van der Waals surface area (Å²) in [6, 6.07) is 16.9. The van der Waals surface area contributed by atoms with E-state index in [0.29, 0.717) is 6.61 Å². The summed E-state index contributed by atoms with van der Waals surface area (Å²) in [5.74, 6) is 0.118. The van der Waals surface area contributed by atoms with Gasteiger partial charge in [-0.15, -0.1) is 0 Å². The lowest BCUT2D eigenvalue weighted by Gasteiger charge is -2.24. The zero-order valence-corrected chi connectivity index (χ0v) is 13.6. The van der Waals surface area contributed by atoms with Crippen molar-refractivity contribution >= 4 is 6.09 Å². The number of hydrogen-bond donors (Lipinski definition) is 2. The number of carbonyl (C=O) groups is 1. The van der Waals surface area contributed by atoms with Gasteiger partial charge >= 0.3 is 6.09 Å². The maximum Gasteiger partial charge on any atom is 0.407 e. The minimum absolute atomic E-state index is 0.118. The van der Waals surface area contributed by atoms with Crippen LogP contribution in [0.3, 0.4) is 0 Å². The quantitative estimate of drug-likeness (QED) is 0.912. The summed E-state index contributed by atoms with van der Waals surface area (Å²) in [5, 5.41) is 6.26. The molecule has 4 rings (SSSR count). The number of alkyl carbamates (subject to hydrolysis) is 1. The van der Waals surface area contributed by atoms with Gasteiger partial charge in [0.05, 0.1) is 0 Å². The Balaban J connectivity index is 1.45. The molecule has 0 saturated carbocycles. The lowest BCUT2D eigenvalue weighted by molar-refractivity contribution is 0.137. The SMILES string of the molecule is O=C(NC1CCCNC1)OCC1c2ccccc2-c2ccccc21. The van der Waals surface area contributed by atoms with Crippen LogP contribution in [0.15, 0.2) is 48.5 Å². The Hall–Kier alpha value is -2.33. The molecule has 124 valence electrons. The fourth-order valence-electron chi connectivity index (χ4n) is 3.78. The van der Waals surface area contributed by atoms with Gasteiger partial charge in [0.15, 0.2) is 0 Å². The number of piperidine rings is 1. The maximum atomic E-state index is 12.1. The van der Waals surface area contributed by atoms with Crippen LogP contribution in [0.2, 0.25) is 0 Å². The predicted octanol–water partition coefficient (Wildman–Crippen LogP) is 3.28. The standard InChI is InChI=1S/C20H22N2O2/c23-20(22-14-6-5-11-21-12-14)24-13-19-17-9-3-1-7-15(17)16-8-2-4-10-18(16)19/h1-4,7-10,14,19,21H,5-6,11-13H2,(H,22,23). The number of nitrogens with one attached hydrogen (secondary N) is 2. The number of benzene rings is 2. The zero-order chi connectivity index (χ0) is 16.4. The van der Waals surface area contributed by atoms with Crippen molar-refractivity contribution in [3.05, 3.63) is 59.7 Å². The Kier molecular flexibility index (Phi) is 4.22. The molecule has 1 atom stereocenters. The summed E-state index contributed by atoms with van der Waals surface area (Å²) in [6.45, 7) is 2.23. The monoisotopic (exact) mass is 322 g/mol. The first-order valence-electron chi connectivity index (χ1n) is 8.65. The molecule has 0 aromatic heterocycles. The average molecular weight is 322 g/mol. The molecule has 1 heterocycles. The van der Waals surface area contributed by atoms with Crippen LogP contribution in [0.4, 0.5) is 4.79 Å². The van der Waals surface area contributed by atoms with E-state index in [4.69, 9.17) is 4.74 Å². The molecule has 1 aliphatic carbocycles. The second kappa shape index (κ2) is 6.65. The first-order valence-corrected chi connectivity index (χ1v) is 8.65. The van der Waals surface area contributed by atoms with E-state index in [-0.39, 0.29) is 18.1 Å². The summed E-state index contributed by atoms with van der Waals surface area (Å²) in [5.41, 5.74) is 4.98. The Labute approximate surface area is 142 Å². The van der Waals surface area contributed by atoms with Crippen molar-refractivity contribution in [1.82, 2.24) is 10.6 Å². The van der Waals surface area contributed by atoms with Gasteiger partial charge in [0.2, 0.25) is 0 Å². The highest BCUT2D eigenvalue weighted by atomic mass is 16.5. The van der Waals surface area contributed by atoms with Crippen LogP contribution >= 0.6 is 0 Å². The Morgan fingerprint density at radius 1 is 1.08 bits per heavy atom. The lowest BCUT2D eigenvalue weighted by atomic mass is 9.98. The average Bonchev–Trinajstić information content (AvgIpc) is 2.95. The number of carbonyl (C=O) groups excluding carboxylic acids is 1. The summed E-state index contributed by atoms with van der Waals surface area (Å²) in [7, 11) is 0. The molecule has 0 radical (unpaired) electrons. The molecule has 2 aromatic rings.